The summed E-state index contributed by atoms with van der Waals surface area (Å²) in [6, 6.07) is 5.26. The number of rotatable bonds is 5. The Hall–Kier alpha value is -1.26. The third kappa shape index (κ3) is 3.87. The van der Waals surface area contributed by atoms with Crippen molar-refractivity contribution >= 4 is 17.6 Å². The molecule has 1 N–H and O–H groups in total. The Labute approximate surface area is 124 Å². The van der Waals surface area contributed by atoms with E-state index in [2.05, 4.69) is 0 Å². The molecule has 1 heterocycles. The van der Waals surface area contributed by atoms with E-state index in [0.29, 0.717) is 23.9 Å². The van der Waals surface area contributed by atoms with Gasteiger partial charge in [-0.2, -0.15) is 0 Å². The van der Waals surface area contributed by atoms with Crippen LogP contribution in [0.5, 0.6) is 5.75 Å². The largest absolute Gasteiger partial charge is 0.491 e. The van der Waals surface area contributed by atoms with Crippen molar-refractivity contribution in [3.05, 3.63) is 28.8 Å². The first-order valence-electron chi connectivity index (χ1n) is 6.94. The van der Waals surface area contributed by atoms with Crippen LogP contribution in [0.25, 0.3) is 0 Å². The Balaban J connectivity index is 1.88. The summed E-state index contributed by atoms with van der Waals surface area (Å²) in [5, 5.41) is 9.79. The van der Waals surface area contributed by atoms with Gasteiger partial charge >= 0.3 is 5.97 Å². The average Bonchev–Trinajstić information content (AvgIpc) is 2.43. The quantitative estimate of drug-likeness (QED) is 0.908. The summed E-state index contributed by atoms with van der Waals surface area (Å²) in [6.45, 7) is 3.87. The first-order valence-corrected chi connectivity index (χ1v) is 7.31. The predicted octanol–water partition coefficient (Wildman–Crippen LogP) is 2.97. The Morgan fingerprint density at radius 3 is 3.05 bits per heavy atom. The molecule has 110 valence electrons. The van der Waals surface area contributed by atoms with Crippen LogP contribution in [0, 0.1) is 6.92 Å². The van der Waals surface area contributed by atoms with Gasteiger partial charge in [0, 0.05) is 6.54 Å². The summed E-state index contributed by atoms with van der Waals surface area (Å²) in [7, 11) is 0. The van der Waals surface area contributed by atoms with Gasteiger partial charge in [0.1, 0.15) is 18.4 Å². The molecule has 0 aromatic heterocycles. The highest BCUT2D eigenvalue weighted by molar-refractivity contribution is 6.32. The topological polar surface area (TPSA) is 49.8 Å². The summed E-state index contributed by atoms with van der Waals surface area (Å²) >= 11 is 6.06. The van der Waals surface area contributed by atoms with Gasteiger partial charge in [-0.15, -0.1) is 0 Å². The Morgan fingerprint density at radius 1 is 1.50 bits per heavy atom. The molecule has 0 amide bonds. The number of ether oxygens (including phenoxy) is 1. The van der Waals surface area contributed by atoms with Gasteiger partial charge in [-0.1, -0.05) is 24.1 Å². The van der Waals surface area contributed by atoms with Crippen molar-refractivity contribution in [2.75, 3.05) is 19.7 Å². The second kappa shape index (κ2) is 6.95. The lowest BCUT2D eigenvalue weighted by molar-refractivity contribution is -0.144. The van der Waals surface area contributed by atoms with Crippen LogP contribution >= 0.6 is 11.6 Å². The van der Waals surface area contributed by atoms with E-state index in [-0.39, 0.29) is 6.04 Å². The van der Waals surface area contributed by atoms with Crippen molar-refractivity contribution in [3.63, 3.8) is 0 Å². The highest BCUT2D eigenvalue weighted by atomic mass is 35.5. The molecule has 0 spiro atoms. The van der Waals surface area contributed by atoms with Gasteiger partial charge in [-0.3, -0.25) is 9.69 Å². The van der Waals surface area contributed by atoms with E-state index in [1.54, 1.807) is 0 Å². The number of halogens is 1. The van der Waals surface area contributed by atoms with Crippen molar-refractivity contribution in [1.82, 2.24) is 4.90 Å². The maximum atomic E-state index is 11.2. The van der Waals surface area contributed by atoms with Crippen LogP contribution in [0.1, 0.15) is 24.8 Å². The summed E-state index contributed by atoms with van der Waals surface area (Å²) in [5.41, 5.74) is 1.09. The van der Waals surface area contributed by atoms with Gasteiger partial charge < -0.3 is 9.84 Å². The van der Waals surface area contributed by atoms with Crippen molar-refractivity contribution in [2.45, 2.75) is 32.2 Å². The number of benzene rings is 1. The van der Waals surface area contributed by atoms with Crippen LogP contribution in [0.3, 0.4) is 0 Å². The number of nitrogens with zero attached hydrogens (tertiary/aromatic N) is 1. The number of carboxylic acid groups (broad SMARTS) is 1. The minimum Gasteiger partial charge on any atom is -0.491 e. The lowest BCUT2D eigenvalue weighted by Crippen LogP contribution is -2.46. The Bertz CT molecular complexity index is 478. The molecule has 0 saturated carbocycles. The molecule has 1 aromatic carbocycles. The highest BCUT2D eigenvalue weighted by Gasteiger charge is 2.27. The number of likely N-dealkylation sites (tertiary alicyclic amines) is 1. The zero-order valence-corrected chi connectivity index (χ0v) is 12.4. The lowest BCUT2D eigenvalue weighted by Gasteiger charge is -2.32. The average molecular weight is 298 g/mol. The minimum absolute atomic E-state index is 0.375. The fourth-order valence-corrected chi connectivity index (χ4v) is 2.70. The van der Waals surface area contributed by atoms with Crippen molar-refractivity contribution in [3.8, 4) is 5.75 Å². The summed E-state index contributed by atoms with van der Waals surface area (Å²) in [5.74, 6) is -0.0751. The molecule has 0 radical (unpaired) electrons. The SMILES string of the molecule is Cc1ccc(Cl)c(OCCN2CCCCC2C(=O)O)c1. The standard InChI is InChI=1S/C15H20ClNO3/c1-11-5-6-12(16)14(10-11)20-9-8-17-7-3-2-4-13(17)15(18)19/h5-6,10,13H,2-4,7-9H2,1H3,(H,18,19). The molecule has 5 heteroatoms. The number of piperidine rings is 1. The third-order valence-electron chi connectivity index (χ3n) is 3.62. The van der Waals surface area contributed by atoms with E-state index in [4.69, 9.17) is 16.3 Å². The lowest BCUT2D eigenvalue weighted by atomic mass is 10.0. The molecular weight excluding hydrogens is 278 g/mol. The Kier molecular flexibility index (Phi) is 5.26. The molecule has 1 aromatic rings. The molecule has 20 heavy (non-hydrogen) atoms. The molecule has 1 fully saturated rings. The fourth-order valence-electron chi connectivity index (χ4n) is 2.53. The predicted molar refractivity (Wildman–Crippen MR) is 78.5 cm³/mol. The minimum atomic E-state index is -0.738. The molecule has 2 rings (SSSR count). The summed E-state index contributed by atoms with van der Waals surface area (Å²) in [4.78, 5) is 13.2. The monoisotopic (exact) mass is 297 g/mol. The third-order valence-corrected chi connectivity index (χ3v) is 3.93. The number of carbonyl (C=O) groups is 1. The maximum absolute atomic E-state index is 11.2. The zero-order chi connectivity index (χ0) is 14.5. The fraction of sp³-hybridized carbons (Fsp3) is 0.533. The van der Waals surface area contributed by atoms with Crippen molar-refractivity contribution in [2.24, 2.45) is 0 Å². The van der Waals surface area contributed by atoms with Crippen molar-refractivity contribution < 1.29 is 14.6 Å². The van der Waals surface area contributed by atoms with E-state index in [0.717, 1.165) is 31.4 Å². The smallest absolute Gasteiger partial charge is 0.320 e. The number of carboxylic acids is 1. The molecule has 1 aliphatic heterocycles. The van der Waals surface area contributed by atoms with E-state index >= 15 is 0 Å². The van der Waals surface area contributed by atoms with Crippen LogP contribution in [-0.2, 0) is 4.79 Å². The van der Waals surface area contributed by atoms with Gasteiger partial charge in [0.2, 0.25) is 0 Å². The Morgan fingerprint density at radius 2 is 2.30 bits per heavy atom. The van der Waals surface area contributed by atoms with Gasteiger partial charge in [0.05, 0.1) is 5.02 Å². The van der Waals surface area contributed by atoms with Crippen LogP contribution in [-0.4, -0.2) is 41.7 Å². The van der Waals surface area contributed by atoms with Crippen LogP contribution < -0.4 is 4.74 Å². The molecular formula is C15H20ClNO3. The second-order valence-electron chi connectivity index (χ2n) is 5.17. The van der Waals surface area contributed by atoms with E-state index in [1.165, 1.54) is 0 Å². The normalized spacial score (nSPS) is 19.8. The number of hydrogen-bond acceptors (Lipinski definition) is 3. The van der Waals surface area contributed by atoms with E-state index < -0.39 is 5.97 Å². The molecule has 4 nitrogen and oxygen atoms in total. The number of aliphatic carboxylic acids is 1. The van der Waals surface area contributed by atoms with Crippen LogP contribution in [0.2, 0.25) is 5.02 Å². The first kappa shape index (κ1) is 15.1. The van der Waals surface area contributed by atoms with Gasteiger partial charge in [0.15, 0.2) is 0 Å². The molecule has 1 aliphatic rings. The highest BCUT2D eigenvalue weighted by Crippen LogP contribution is 2.25. The van der Waals surface area contributed by atoms with Gasteiger partial charge in [-0.05, 0) is 44.0 Å². The van der Waals surface area contributed by atoms with E-state index in [1.807, 2.05) is 30.0 Å². The van der Waals surface area contributed by atoms with Crippen LogP contribution in [0.4, 0.5) is 0 Å². The van der Waals surface area contributed by atoms with Gasteiger partial charge in [0.25, 0.3) is 0 Å². The summed E-state index contributed by atoms with van der Waals surface area (Å²) in [6.07, 6.45) is 2.76. The van der Waals surface area contributed by atoms with E-state index in [9.17, 15) is 9.90 Å². The molecule has 1 saturated heterocycles. The maximum Gasteiger partial charge on any atom is 0.320 e. The second-order valence-corrected chi connectivity index (χ2v) is 5.58. The molecule has 0 bridgehead atoms. The number of hydrogen-bond donors (Lipinski definition) is 1. The molecule has 1 unspecified atom stereocenters. The first-order chi connectivity index (χ1) is 9.58. The molecule has 0 aliphatic carbocycles. The van der Waals surface area contributed by atoms with Gasteiger partial charge in [-0.25, -0.2) is 0 Å². The zero-order valence-electron chi connectivity index (χ0n) is 11.6. The molecule has 1 atom stereocenters. The van der Waals surface area contributed by atoms with Crippen molar-refractivity contribution in [1.29, 1.82) is 0 Å². The number of aryl methyl sites for hydroxylation is 1. The summed E-state index contributed by atoms with van der Waals surface area (Å²) < 4.78 is 5.68. The van der Waals surface area contributed by atoms with Crippen LogP contribution in [0.15, 0.2) is 18.2 Å².